The quantitative estimate of drug-likeness (QED) is 0.579. The van der Waals surface area contributed by atoms with Crippen molar-refractivity contribution in [2.45, 2.75) is 0 Å². The van der Waals surface area contributed by atoms with Gasteiger partial charge in [-0.05, 0) is 42.3 Å². The molecule has 2 aromatic rings. The largest absolute Gasteiger partial charge is 0.491 e. The van der Waals surface area contributed by atoms with Gasteiger partial charge in [-0.25, -0.2) is 13.4 Å². The number of rotatable bonds is 6. The van der Waals surface area contributed by atoms with Crippen molar-refractivity contribution in [1.82, 2.24) is 9.88 Å². The Bertz CT molecular complexity index is 947. The smallest absolute Gasteiger partial charge is 0.211 e. The Morgan fingerprint density at radius 3 is 2.50 bits per heavy atom. The van der Waals surface area contributed by atoms with Crippen molar-refractivity contribution >= 4 is 21.9 Å². The van der Waals surface area contributed by atoms with Gasteiger partial charge in [0.2, 0.25) is 6.41 Å². The first-order valence-corrected chi connectivity index (χ1v) is 10.7. The summed E-state index contributed by atoms with van der Waals surface area (Å²) in [5, 5.41) is 2.57. The van der Waals surface area contributed by atoms with E-state index in [-0.39, 0.29) is 11.5 Å². The lowest BCUT2D eigenvalue weighted by Gasteiger charge is -2.26. The average molecular weight is 399 g/mol. The highest BCUT2D eigenvalue weighted by molar-refractivity contribution is 7.91. The summed E-state index contributed by atoms with van der Waals surface area (Å²) in [6.45, 7) is 2.29. The number of carbonyl (C=O) groups is 1. The Kier molecular flexibility index (Phi) is 6.63. The van der Waals surface area contributed by atoms with Crippen LogP contribution in [0.2, 0.25) is 0 Å². The zero-order valence-electron chi connectivity index (χ0n) is 15.3. The van der Waals surface area contributed by atoms with Crippen molar-refractivity contribution in [3.63, 3.8) is 0 Å². The van der Waals surface area contributed by atoms with Gasteiger partial charge in [0.15, 0.2) is 9.84 Å². The minimum absolute atomic E-state index is 0.220. The Morgan fingerprint density at radius 2 is 1.86 bits per heavy atom. The SMILES string of the molecule is O=CNc1ccc(C#Cc2ccc(OCCN3CCS(=O)(=O)CC3)cn2)cc1. The van der Waals surface area contributed by atoms with Crippen LogP contribution in [0.5, 0.6) is 5.75 Å². The van der Waals surface area contributed by atoms with Gasteiger partial charge in [-0.1, -0.05) is 5.92 Å². The molecule has 0 bridgehead atoms. The number of hydrogen-bond acceptors (Lipinski definition) is 6. The highest BCUT2D eigenvalue weighted by Gasteiger charge is 2.21. The third kappa shape index (κ3) is 6.08. The van der Waals surface area contributed by atoms with Gasteiger partial charge in [0.1, 0.15) is 18.1 Å². The molecule has 2 heterocycles. The fraction of sp³-hybridized carbons (Fsp3) is 0.300. The molecule has 146 valence electrons. The molecule has 0 atom stereocenters. The lowest BCUT2D eigenvalue weighted by Crippen LogP contribution is -2.42. The van der Waals surface area contributed by atoms with Crippen LogP contribution in [0.4, 0.5) is 5.69 Å². The predicted molar refractivity (Wildman–Crippen MR) is 107 cm³/mol. The minimum atomic E-state index is -2.85. The normalized spacial score (nSPS) is 15.9. The third-order valence-corrected chi connectivity index (χ3v) is 5.90. The molecule has 8 heteroatoms. The Hall–Kier alpha value is -2.89. The van der Waals surface area contributed by atoms with Gasteiger partial charge in [-0.15, -0.1) is 0 Å². The zero-order chi connectivity index (χ0) is 19.8. The maximum Gasteiger partial charge on any atom is 0.211 e. The first-order chi connectivity index (χ1) is 13.5. The molecule has 1 aliphatic rings. The highest BCUT2D eigenvalue weighted by atomic mass is 32.2. The second-order valence-electron chi connectivity index (χ2n) is 6.31. The third-order valence-electron chi connectivity index (χ3n) is 4.30. The average Bonchev–Trinajstić information content (AvgIpc) is 2.70. The molecule has 3 rings (SSSR count). The van der Waals surface area contributed by atoms with Crippen molar-refractivity contribution in [3.8, 4) is 17.6 Å². The second kappa shape index (κ2) is 9.35. The molecule has 1 saturated heterocycles. The Balaban J connectivity index is 1.47. The first kappa shape index (κ1) is 19.9. The summed E-state index contributed by atoms with van der Waals surface area (Å²) in [6.07, 6.45) is 2.26. The van der Waals surface area contributed by atoms with E-state index >= 15 is 0 Å². The summed E-state index contributed by atoms with van der Waals surface area (Å²) >= 11 is 0. The van der Waals surface area contributed by atoms with E-state index in [4.69, 9.17) is 4.74 Å². The summed E-state index contributed by atoms with van der Waals surface area (Å²) in [5.41, 5.74) is 2.16. The van der Waals surface area contributed by atoms with E-state index < -0.39 is 9.84 Å². The number of benzene rings is 1. The maximum atomic E-state index is 11.4. The Morgan fingerprint density at radius 1 is 1.11 bits per heavy atom. The molecule has 28 heavy (non-hydrogen) atoms. The Labute approximate surface area is 164 Å². The number of aromatic nitrogens is 1. The molecule has 1 aliphatic heterocycles. The van der Waals surface area contributed by atoms with Crippen LogP contribution in [0, 0.1) is 11.8 Å². The molecular formula is C20H21N3O4S. The van der Waals surface area contributed by atoms with Crippen LogP contribution in [-0.2, 0) is 14.6 Å². The van der Waals surface area contributed by atoms with Crippen LogP contribution >= 0.6 is 0 Å². The molecule has 1 fully saturated rings. The van der Waals surface area contributed by atoms with E-state index in [1.54, 1.807) is 24.4 Å². The molecule has 0 spiro atoms. The number of nitrogens with zero attached hydrogens (tertiary/aromatic N) is 2. The monoisotopic (exact) mass is 399 g/mol. The fourth-order valence-corrected chi connectivity index (χ4v) is 3.94. The van der Waals surface area contributed by atoms with Crippen LogP contribution in [0.15, 0.2) is 42.6 Å². The second-order valence-corrected chi connectivity index (χ2v) is 8.61. The lowest BCUT2D eigenvalue weighted by atomic mass is 10.2. The first-order valence-electron chi connectivity index (χ1n) is 8.88. The predicted octanol–water partition coefficient (Wildman–Crippen LogP) is 1.16. The topological polar surface area (TPSA) is 88.6 Å². The van der Waals surface area contributed by atoms with Crippen molar-refractivity contribution in [1.29, 1.82) is 0 Å². The van der Waals surface area contributed by atoms with Crippen molar-refractivity contribution < 1.29 is 17.9 Å². The van der Waals surface area contributed by atoms with Crippen LogP contribution in [0.1, 0.15) is 11.3 Å². The van der Waals surface area contributed by atoms with E-state index in [9.17, 15) is 13.2 Å². The molecule has 1 N–H and O–H groups in total. The minimum Gasteiger partial charge on any atom is -0.491 e. The zero-order valence-corrected chi connectivity index (χ0v) is 16.1. The number of hydrogen-bond donors (Lipinski definition) is 1. The number of anilines is 1. The summed E-state index contributed by atoms with van der Waals surface area (Å²) in [6, 6.07) is 10.8. The van der Waals surface area contributed by atoms with Gasteiger partial charge in [0.25, 0.3) is 0 Å². The van der Waals surface area contributed by atoms with Gasteiger partial charge >= 0.3 is 0 Å². The number of amides is 1. The van der Waals surface area contributed by atoms with Crippen molar-refractivity contribution in [3.05, 3.63) is 53.9 Å². The van der Waals surface area contributed by atoms with Crippen molar-refractivity contribution in [2.24, 2.45) is 0 Å². The van der Waals surface area contributed by atoms with Crippen LogP contribution in [-0.4, -0.2) is 62.5 Å². The van der Waals surface area contributed by atoms with E-state index in [0.29, 0.717) is 49.8 Å². The van der Waals surface area contributed by atoms with E-state index in [0.717, 1.165) is 5.56 Å². The van der Waals surface area contributed by atoms with Gasteiger partial charge in [0, 0.05) is 30.9 Å². The number of ether oxygens (including phenoxy) is 1. The molecule has 0 radical (unpaired) electrons. The number of sulfone groups is 1. The summed E-state index contributed by atoms with van der Waals surface area (Å²) in [4.78, 5) is 16.7. The maximum absolute atomic E-state index is 11.4. The van der Waals surface area contributed by atoms with E-state index in [1.165, 1.54) is 0 Å². The van der Waals surface area contributed by atoms with Gasteiger partial charge in [0.05, 0.1) is 17.7 Å². The fourth-order valence-electron chi connectivity index (χ4n) is 2.66. The number of nitrogens with one attached hydrogen (secondary N) is 1. The van der Waals surface area contributed by atoms with Gasteiger partial charge in [-0.2, -0.15) is 0 Å². The summed E-state index contributed by atoms with van der Waals surface area (Å²) in [7, 11) is -2.85. The molecule has 1 aromatic heterocycles. The lowest BCUT2D eigenvalue weighted by molar-refractivity contribution is -0.105. The van der Waals surface area contributed by atoms with Gasteiger partial charge in [-0.3, -0.25) is 9.69 Å². The number of carbonyl (C=O) groups excluding carboxylic acids is 1. The summed E-state index contributed by atoms with van der Waals surface area (Å²) < 4.78 is 28.5. The molecule has 1 amide bonds. The van der Waals surface area contributed by atoms with Crippen molar-refractivity contribution in [2.75, 3.05) is 43.1 Å². The number of pyridine rings is 1. The standard InChI is InChI=1S/C20H21N3O4S/c24-16-22-19-5-2-17(3-6-19)1-4-18-7-8-20(15-21-18)27-12-9-23-10-13-28(25,26)14-11-23/h2-3,5-8,15-16H,9-14H2,(H,22,24). The molecule has 0 aliphatic carbocycles. The van der Waals surface area contributed by atoms with Crippen LogP contribution < -0.4 is 10.1 Å². The van der Waals surface area contributed by atoms with Crippen LogP contribution in [0.3, 0.4) is 0 Å². The molecular weight excluding hydrogens is 378 g/mol. The van der Waals surface area contributed by atoms with E-state index in [1.807, 2.05) is 18.2 Å². The molecule has 7 nitrogen and oxygen atoms in total. The van der Waals surface area contributed by atoms with Gasteiger partial charge < -0.3 is 10.1 Å². The van der Waals surface area contributed by atoms with Crippen LogP contribution in [0.25, 0.3) is 0 Å². The molecule has 0 saturated carbocycles. The highest BCUT2D eigenvalue weighted by Crippen LogP contribution is 2.11. The summed E-state index contributed by atoms with van der Waals surface area (Å²) in [5.74, 6) is 7.09. The molecule has 0 unspecified atom stereocenters. The van der Waals surface area contributed by atoms with E-state index in [2.05, 4.69) is 27.0 Å². The molecule has 1 aromatic carbocycles.